The molecule has 2 atom stereocenters. The fraction of sp³-hybridized carbons (Fsp3) is 0.192. The predicted molar refractivity (Wildman–Crippen MR) is 115 cm³/mol. The van der Waals surface area contributed by atoms with E-state index >= 15 is 0 Å². The molecular formula is C26H23NO2. The summed E-state index contributed by atoms with van der Waals surface area (Å²) in [7, 11) is 0. The van der Waals surface area contributed by atoms with Crippen molar-refractivity contribution in [2.75, 3.05) is 0 Å². The summed E-state index contributed by atoms with van der Waals surface area (Å²) >= 11 is 0. The van der Waals surface area contributed by atoms with Gasteiger partial charge in [-0.05, 0) is 66.1 Å². The van der Waals surface area contributed by atoms with Crippen molar-refractivity contribution in [1.82, 2.24) is 4.98 Å². The summed E-state index contributed by atoms with van der Waals surface area (Å²) in [6, 6.07) is 28.3. The molecule has 3 nitrogen and oxygen atoms in total. The Kier molecular flexibility index (Phi) is 4.74. The monoisotopic (exact) mass is 381 g/mol. The molecule has 0 spiro atoms. The minimum atomic E-state index is -0.480. The van der Waals surface area contributed by atoms with Crippen LogP contribution in [0.1, 0.15) is 29.2 Å². The van der Waals surface area contributed by atoms with Gasteiger partial charge in [-0.2, -0.15) is 0 Å². The van der Waals surface area contributed by atoms with E-state index in [1.54, 1.807) is 0 Å². The third-order valence-electron chi connectivity index (χ3n) is 5.80. The zero-order valence-electron chi connectivity index (χ0n) is 16.2. The lowest BCUT2D eigenvalue weighted by Crippen LogP contribution is -2.22. The number of aliphatic hydroxyl groups excluding tert-OH is 1. The molecule has 3 aromatic carbocycles. The lowest BCUT2D eigenvalue weighted by molar-refractivity contribution is 0.0934. The molecule has 0 aliphatic heterocycles. The van der Waals surface area contributed by atoms with Crippen molar-refractivity contribution in [3.8, 4) is 11.6 Å². The van der Waals surface area contributed by atoms with Gasteiger partial charge in [0.2, 0.25) is 5.88 Å². The molecule has 0 saturated heterocycles. The second-order valence-corrected chi connectivity index (χ2v) is 7.74. The van der Waals surface area contributed by atoms with Gasteiger partial charge >= 0.3 is 0 Å². The third-order valence-corrected chi connectivity index (χ3v) is 5.80. The lowest BCUT2D eigenvalue weighted by Gasteiger charge is -2.30. The van der Waals surface area contributed by atoms with Crippen molar-refractivity contribution in [1.29, 1.82) is 0 Å². The van der Waals surface area contributed by atoms with Crippen LogP contribution < -0.4 is 4.74 Å². The molecular weight excluding hydrogens is 358 g/mol. The smallest absolute Gasteiger partial charge is 0.219 e. The maximum Gasteiger partial charge on any atom is 0.219 e. The van der Waals surface area contributed by atoms with Gasteiger partial charge in [0.05, 0.1) is 11.6 Å². The second-order valence-electron chi connectivity index (χ2n) is 7.74. The zero-order chi connectivity index (χ0) is 19.6. The first-order valence-corrected chi connectivity index (χ1v) is 10.1. The fourth-order valence-corrected chi connectivity index (χ4v) is 4.25. The SMILES string of the molecule is O[C@H]1c2cc(Oc3ccc4ccccc4n3)ccc2CC[C@H]1Cc1ccccc1. The largest absolute Gasteiger partial charge is 0.439 e. The van der Waals surface area contributed by atoms with Crippen LogP contribution in [0, 0.1) is 5.92 Å². The minimum absolute atomic E-state index is 0.221. The summed E-state index contributed by atoms with van der Waals surface area (Å²) in [5.74, 6) is 1.50. The van der Waals surface area contributed by atoms with Crippen molar-refractivity contribution >= 4 is 10.9 Å². The molecule has 1 N–H and O–H groups in total. The van der Waals surface area contributed by atoms with E-state index in [1.807, 2.05) is 54.6 Å². The first-order chi connectivity index (χ1) is 14.3. The van der Waals surface area contributed by atoms with Crippen molar-refractivity contribution in [2.24, 2.45) is 5.92 Å². The standard InChI is InChI=1S/C26H23NO2/c28-26-21(16-18-6-2-1-3-7-18)11-10-19-12-14-22(17-23(19)26)29-25-15-13-20-8-4-5-9-24(20)27-25/h1-9,12-15,17,21,26,28H,10-11,16H2/t21-,26+/m0/s1. The van der Waals surface area contributed by atoms with Crippen LogP contribution in [0.15, 0.2) is 84.9 Å². The van der Waals surface area contributed by atoms with Crippen molar-refractivity contribution < 1.29 is 9.84 Å². The van der Waals surface area contributed by atoms with Crippen LogP contribution >= 0.6 is 0 Å². The minimum Gasteiger partial charge on any atom is -0.439 e. The van der Waals surface area contributed by atoms with E-state index in [2.05, 4.69) is 35.3 Å². The van der Waals surface area contributed by atoms with Crippen LogP contribution in [0.5, 0.6) is 11.6 Å². The Morgan fingerprint density at radius 2 is 1.72 bits per heavy atom. The van der Waals surface area contributed by atoms with Crippen LogP contribution in [-0.2, 0) is 12.8 Å². The van der Waals surface area contributed by atoms with Gasteiger partial charge in [0, 0.05) is 11.5 Å². The van der Waals surface area contributed by atoms with E-state index in [9.17, 15) is 5.11 Å². The normalized spacial score (nSPS) is 18.4. The van der Waals surface area contributed by atoms with Crippen LogP contribution in [0.25, 0.3) is 10.9 Å². The molecule has 3 heteroatoms. The van der Waals surface area contributed by atoms with Gasteiger partial charge in [-0.15, -0.1) is 0 Å². The van der Waals surface area contributed by atoms with Gasteiger partial charge in [0.25, 0.3) is 0 Å². The zero-order valence-corrected chi connectivity index (χ0v) is 16.2. The number of aromatic nitrogens is 1. The molecule has 0 amide bonds. The maximum atomic E-state index is 11.0. The summed E-state index contributed by atoms with van der Waals surface area (Å²) in [4.78, 5) is 4.59. The summed E-state index contributed by atoms with van der Waals surface area (Å²) in [5.41, 5.74) is 4.37. The van der Waals surface area contributed by atoms with Crippen LogP contribution in [-0.4, -0.2) is 10.1 Å². The first-order valence-electron chi connectivity index (χ1n) is 10.1. The molecule has 144 valence electrons. The molecule has 4 aromatic rings. The number of aryl methyl sites for hydroxylation is 1. The van der Waals surface area contributed by atoms with Gasteiger partial charge < -0.3 is 9.84 Å². The molecule has 1 aliphatic rings. The van der Waals surface area contributed by atoms with E-state index in [0.717, 1.165) is 35.7 Å². The molecule has 0 fully saturated rings. The number of pyridine rings is 1. The Balaban J connectivity index is 1.38. The molecule has 5 rings (SSSR count). The number of aliphatic hydroxyl groups is 1. The Hall–Kier alpha value is -3.17. The van der Waals surface area contributed by atoms with Gasteiger partial charge in [0.15, 0.2) is 0 Å². The van der Waals surface area contributed by atoms with E-state index in [4.69, 9.17) is 4.74 Å². The van der Waals surface area contributed by atoms with Gasteiger partial charge in [0.1, 0.15) is 5.75 Å². The number of hydrogen-bond acceptors (Lipinski definition) is 3. The van der Waals surface area contributed by atoms with Crippen molar-refractivity contribution in [2.45, 2.75) is 25.4 Å². The topological polar surface area (TPSA) is 42.4 Å². The quantitative estimate of drug-likeness (QED) is 0.481. The first kappa shape index (κ1) is 17.9. The average molecular weight is 381 g/mol. The number of fused-ring (bicyclic) bond motifs is 2. The molecule has 29 heavy (non-hydrogen) atoms. The van der Waals surface area contributed by atoms with E-state index in [-0.39, 0.29) is 5.92 Å². The number of ether oxygens (including phenoxy) is 1. The highest BCUT2D eigenvalue weighted by molar-refractivity contribution is 5.78. The number of para-hydroxylation sites is 1. The van der Waals surface area contributed by atoms with E-state index < -0.39 is 6.10 Å². The predicted octanol–water partition coefficient (Wildman–Crippen LogP) is 5.87. The molecule has 1 aromatic heterocycles. The molecule has 0 bridgehead atoms. The van der Waals surface area contributed by atoms with E-state index in [1.165, 1.54) is 11.1 Å². The van der Waals surface area contributed by atoms with Crippen LogP contribution in [0.2, 0.25) is 0 Å². The highest BCUT2D eigenvalue weighted by Gasteiger charge is 2.28. The number of nitrogens with zero attached hydrogens (tertiary/aromatic N) is 1. The molecule has 0 radical (unpaired) electrons. The summed E-state index contributed by atoms with van der Waals surface area (Å²) in [5, 5.41) is 12.1. The molecule has 1 aliphatic carbocycles. The fourth-order valence-electron chi connectivity index (χ4n) is 4.25. The summed E-state index contributed by atoms with van der Waals surface area (Å²) < 4.78 is 6.03. The number of benzene rings is 3. The van der Waals surface area contributed by atoms with Crippen molar-refractivity contribution in [3.63, 3.8) is 0 Å². The summed E-state index contributed by atoms with van der Waals surface area (Å²) in [6.45, 7) is 0. The summed E-state index contributed by atoms with van der Waals surface area (Å²) in [6.07, 6.45) is 2.39. The second kappa shape index (κ2) is 7.69. The van der Waals surface area contributed by atoms with Crippen LogP contribution in [0.4, 0.5) is 0 Å². The molecule has 0 unspecified atom stereocenters. The van der Waals surface area contributed by atoms with E-state index in [0.29, 0.717) is 11.6 Å². The maximum absolute atomic E-state index is 11.0. The number of hydrogen-bond donors (Lipinski definition) is 1. The Bertz CT molecular complexity index is 1140. The molecule has 0 saturated carbocycles. The lowest BCUT2D eigenvalue weighted by atomic mass is 9.78. The third kappa shape index (κ3) is 3.74. The van der Waals surface area contributed by atoms with Crippen molar-refractivity contribution in [3.05, 3.63) is 102 Å². The van der Waals surface area contributed by atoms with Gasteiger partial charge in [-0.25, -0.2) is 4.98 Å². The Morgan fingerprint density at radius 1 is 0.897 bits per heavy atom. The molecule has 1 heterocycles. The highest BCUT2D eigenvalue weighted by atomic mass is 16.5. The average Bonchev–Trinajstić information content (AvgIpc) is 2.77. The Labute approximate surface area is 170 Å². The Morgan fingerprint density at radius 3 is 2.62 bits per heavy atom. The van der Waals surface area contributed by atoms with Gasteiger partial charge in [-0.1, -0.05) is 54.6 Å². The highest BCUT2D eigenvalue weighted by Crippen LogP contribution is 2.38. The van der Waals surface area contributed by atoms with Crippen LogP contribution in [0.3, 0.4) is 0 Å². The van der Waals surface area contributed by atoms with Gasteiger partial charge in [-0.3, -0.25) is 0 Å². The number of rotatable bonds is 4.